The van der Waals surface area contributed by atoms with Gasteiger partial charge in [-0.25, -0.2) is 4.79 Å². The molecule has 1 N–H and O–H groups in total. The molecule has 21 heavy (non-hydrogen) atoms. The molecule has 1 atom stereocenters. The first kappa shape index (κ1) is 15.1. The first-order chi connectivity index (χ1) is 10.1. The minimum absolute atomic E-state index is 0.226. The second kappa shape index (κ2) is 6.93. The first-order valence-corrected chi connectivity index (χ1v) is 7.16. The van der Waals surface area contributed by atoms with Crippen molar-refractivity contribution in [1.29, 1.82) is 0 Å². The molecule has 3 nitrogen and oxygen atoms in total. The van der Waals surface area contributed by atoms with E-state index < -0.39 is 5.97 Å². The van der Waals surface area contributed by atoms with Gasteiger partial charge in [0.15, 0.2) is 0 Å². The SMILES string of the molecule is CCC(C)c1cccc(C(=O)O)c1OCc1ccccc1. The van der Waals surface area contributed by atoms with Gasteiger partial charge in [0.25, 0.3) is 0 Å². The molecule has 0 amide bonds. The predicted octanol–water partition coefficient (Wildman–Crippen LogP) is 4.48. The molecule has 0 radical (unpaired) electrons. The van der Waals surface area contributed by atoms with Gasteiger partial charge in [0.2, 0.25) is 0 Å². The van der Waals surface area contributed by atoms with Crippen LogP contribution in [-0.4, -0.2) is 11.1 Å². The lowest BCUT2D eigenvalue weighted by molar-refractivity contribution is 0.0691. The third kappa shape index (κ3) is 3.63. The van der Waals surface area contributed by atoms with Crippen LogP contribution in [0.25, 0.3) is 0 Å². The minimum atomic E-state index is -0.955. The van der Waals surface area contributed by atoms with E-state index in [0.717, 1.165) is 17.5 Å². The fourth-order valence-electron chi connectivity index (χ4n) is 2.22. The zero-order valence-electron chi connectivity index (χ0n) is 12.4. The molecule has 0 spiro atoms. The van der Waals surface area contributed by atoms with Gasteiger partial charge in [0.1, 0.15) is 17.9 Å². The fourth-order valence-corrected chi connectivity index (χ4v) is 2.22. The molecular weight excluding hydrogens is 264 g/mol. The van der Waals surface area contributed by atoms with Crippen LogP contribution in [0.5, 0.6) is 5.75 Å². The predicted molar refractivity (Wildman–Crippen MR) is 82.9 cm³/mol. The standard InChI is InChI=1S/C18H20O3/c1-3-13(2)15-10-7-11-16(18(19)20)17(15)21-12-14-8-5-4-6-9-14/h4-11,13H,3,12H2,1-2H3,(H,19,20). The summed E-state index contributed by atoms with van der Waals surface area (Å²) in [5.41, 5.74) is 2.20. The Kier molecular flexibility index (Phi) is 4.99. The van der Waals surface area contributed by atoms with Crippen molar-refractivity contribution >= 4 is 5.97 Å². The smallest absolute Gasteiger partial charge is 0.339 e. The van der Waals surface area contributed by atoms with Crippen LogP contribution < -0.4 is 4.74 Å². The molecule has 3 heteroatoms. The number of ether oxygens (including phenoxy) is 1. The van der Waals surface area contributed by atoms with Crippen LogP contribution in [0, 0.1) is 0 Å². The molecule has 0 aromatic heterocycles. The second-order valence-electron chi connectivity index (χ2n) is 5.11. The summed E-state index contributed by atoms with van der Waals surface area (Å²) in [4.78, 5) is 11.4. The van der Waals surface area contributed by atoms with Crippen molar-refractivity contribution in [3.63, 3.8) is 0 Å². The Morgan fingerprint density at radius 3 is 2.48 bits per heavy atom. The first-order valence-electron chi connectivity index (χ1n) is 7.16. The number of carboxylic acid groups (broad SMARTS) is 1. The number of para-hydroxylation sites is 1. The maximum Gasteiger partial charge on any atom is 0.339 e. The van der Waals surface area contributed by atoms with Crippen molar-refractivity contribution in [2.24, 2.45) is 0 Å². The summed E-state index contributed by atoms with van der Waals surface area (Å²) in [6.45, 7) is 4.53. The van der Waals surface area contributed by atoms with Gasteiger partial charge in [0, 0.05) is 0 Å². The molecule has 2 aromatic carbocycles. The highest BCUT2D eigenvalue weighted by Gasteiger charge is 2.18. The fraction of sp³-hybridized carbons (Fsp3) is 0.278. The molecule has 2 aromatic rings. The van der Waals surface area contributed by atoms with Gasteiger partial charge in [-0.05, 0) is 29.5 Å². The summed E-state index contributed by atoms with van der Waals surface area (Å²) in [6, 6.07) is 15.1. The Labute approximate surface area is 125 Å². The van der Waals surface area contributed by atoms with E-state index in [9.17, 15) is 9.90 Å². The number of hydrogen-bond donors (Lipinski definition) is 1. The van der Waals surface area contributed by atoms with Crippen molar-refractivity contribution < 1.29 is 14.6 Å². The second-order valence-corrected chi connectivity index (χ2v) is 5.11. The number of carbonyl (C=O) groups is 1. The van der Waals surface area contributed by atoms with E-state index in [1.165, 1.54) is 0 Å². The monoisotopic (exact) mass is 284 g/mol. The topological polar surface area (TPSA) is 46.5 Å². The molecule has 110 valence electrons. The van der Waals surface area contributed by atoms with Crippen LogP contribution in [0.4, 0.5) is 0 Å². The summed E-state index contributed by atoms with van der Waals surface area (Å²) < 4.78 is 5.86. The van der Waals surface area contributed by atoms with Gasteiger partial charge in [-0.3, -0.25) is 0 Å². The van der Waals surface area contributed by atoms with Crippen molar-refractivity contribution in [2.75, 3.05) is 0 Å². The van der Waals surface area contributed by atoms with E-state index >= 15 is 0 Å². The van der Waals surface area contributed by atoms with E-state index in [2.05, 4.69) is 13.8 Å². The molecule has 0 aliphatic rings. The lowest BCUT2D eigenvalue weighted by atomic mass is 9.95. The third-order valence-electron chi connectivity index (χ3n) is 3.65. The van der Waals surface area contributed by atoms with Gasteiger partial charge >= 0.3 is 5.97 Å². The van der Waals surface area contributed by atoms with Crippen LogP contribution >= 0.6 is 0 Å². The van der Waals surface area contributed by atoms with E-state index in [-0.39, 0.29) is 11.5 Å². The maximum atomic E-state index is 11.4. The zero-order chi connectivity index (χ0) is 15.2. The quantitative estimate of drug-likeness (QED) is 0.850. The maximum absolute atomic E-state index is 11.4. The van der Waals surface area contributed by atoms with Crippen molar-refractivity contribution in [1.82, 2.24) is 0 Å². The van der Waals surface area contributed by atoms with E-state index in [1.807, 2.05) is 36.4 Å². The number of benzene rings is 2. The normalized spacial score (nSPS) is 11.9. The Bertz CT molecular complexity index is 605. The van der Waals surface area contributed by atoms with Crippen LogP contribution in [0.2, 0.25) is 0 Å². The average Bonchev–Trinajstić information content (AvgIpc) is 2.52. The molecule has 0 fully saturated rings. The Morgan fingerprint density at radius 1 is 1.14 bits per heavy atom. The van der Waals surface area contributed by atoms with Gasteiger partial charge in [0.05, 0.1) is 0 Å². The van der Waals surface area contributed by atoms with Crippen molar-refractivity contribution in [2.45, 2.75) is 32.8 Å². The Morgan fingerprint density at radius 2 is 1.86 bits per heavy atom. The number of rotatable bonds is 6. The lowest BCUT2D eigenvalue weighted by Gasteiger charge is -2.18. The summed E-state index contributed by atoms with van der Waals surface area (Å²) in [5.74, 6) is -0.207. The van der Waals surface area contributed by atoms with Crippen LogP contribution in [0.3, 0.4) is 0 Å². The molecule has 0 saturated heterocycles. The van der Waals surface area contributed by atoms with Crippen LogP contribution in [0.1, 0.15) is 47.7 Å². The number of carboxylic acids is 1. The summed E-state index contributed by atoms with van der Waals surface area (Å²) in [7, 11) is 0. The van der Waals surface area contributed by atoms with Crippen LogP contribution in [0.15, 0.2) is 48.5 Å². The zero-order valence-corrected chi connectivity index (χ0v) is 12.4. The molecule has 1 unspecified atom stereocenters. The highest BCUT2D eigenvalue weighted by molar-refractivity contribution is 5.91. The Balaban J connectivity index is 2.32. The molecule has 2 rings (SSSR count). The molecule has 0 saturated carbocycles. The van der Waals surface area contributed by atoms with E-state index in [4.69, 9.17) is 4.74 Å². The molecular formula is C18H20O3. The van der Waals surface area contributed by atoms with E-state index in [1.54, 1.807) is 12.1 Å². The highest BCUT2D eigenvalue weighted by atomic mass is 16.5. The van der Waals surface area contributed by atoms with Gasteiger partial charge in [-0.15, -0.1) is 0 Å². The minimum Gasteiger partial charge on any atom is -0.488 e. The van der Waals surface area contributed by atoms with Gasteiger partial charge in [-0.1, -0.05) is 56.3 Å². The Hall–Kier alpha value is -2.29. The highest BCUT2D eigenvalue weighted by Crippen LogP contribution is 2.32. The molecule has 0 aliphatic heterocycles. The van der Waals surface area contributed by atoms with Crippen LogP contribution in [-0.2, 0) is 6.61 Å². The molecule has 0 aliphatic carbocycles. The van der Waals surface area contributed by atoms with Gasteiger partial charge in [-0.2, -0.15) is 0 Å². The van der Waals surface area contributed by atoms with Gasteiger partial charge < -0.3 is 9.84 Å². The summed E-state index contributed by atoms with van der Waals surface area (Å²) in [5, 5.41) is 9.36. The third-order valence-corrected chi connectivity index (χ3v) is 3.65. The largest absolute Gasteiger partial charge is 0.488 e. The lowest BCUT2D eigenvalue weighted by Crippen LogP contribution is -2.07. The average molecular weight is 284 g/mol. The number of hydrogen-bond acceptors (Lipinski definition) is 2. The summed E-state index contributed by atoms with van der Waals surface area (Å²) >= 11 is 0. The van der Waals surface area contributed by atoms with E-state index in [0.29, 0.717) is 12.4 Å². The van der Waals surface area contributed by atoms with Crippen molar-refractivity contribution in [3.8, 4) is 5.75 Å². The number of aromatic carboxylic acids is 1. The van der Waals surface area contributed by atoms with Crippen molar-refractivity contribution in [3.05, 3.63) is 65.2 Å². The summed E-state index contributed by atoms with van der Waals surface area (Å²) in [6.07, 6.45) is 0.935. The molecule has 0 heterocycles. The molecule has 0 bridgehead atoms.